The van der Waals surface area contributed by atoms with Gasteiger partial charge in [0.15, 0.2) is 0 Å². The molecular weight excluding hydrogens is 450 g/mol. The van der Waals surface area contributed by atoms with E-state index in [1.54, 1.807) is 12.5 Å². The summed E-state index contributed by atoms with van der Waals surface area (Å²) in [7, 11) is 0. The number of hydrogen-bond donors (Lipinski definition) is 0. The lowest BCUT2D eigenvalue weighted by Gasteiger charge is -2.59. The summed E-state index contributed by atoms with van der Waals surface area (Å²) in [6.07, 6.45) is 17.4. The van der Waals surface area contributed by atoms with Crippen molar-refractivity contribution >= 4 is 11.6 Å². The number of benzene rings is 1. The van der Waals surface area contributed by atoms with E-state index in [1.807, 2.05) is 6.07 Å². The number of anilines is 1. The highest BCUT2D eigenvalue weighted by molar-refractivity contribution is 5.92. The third-order valence-corrected chi connectivity index (χ3v) is 12.0. The van der Waals surface area contributed by atoms with Crippen molar-refractivity contribution in [3.8, 4) is 0 Å². The van der Waals surface area contributed by atoms with Crippen molar-refractivity contribution in [2.45, 2.75) is 118 Å². The van der Waals surface area contributed by atoms with E-state index in [2.05, 4.69) is 69.9 Å². The van der Waals surface area contributed by atoms with Crippen LogP contribution in [0, 0.1) is 46.3 Å². The van der Waals surface area contributed by atoms with Gasteiger partial charge in [0.05, 0.1) is 0 Å². The molecule has 2 heteroatoms. The molecule has 4 aliphatic carbocycles. The summed E-state index contributed by atoms with van der Waals surface area (Å²) in [5, 5.41) is 0. The van der Waals surface area contributed by atoms with Crippen LogP contribution in [0.25, 0.3) is 0 Å². The maximum Gasteiger partial charge on any atom is 0.224 e. The van der Waals surface area contributed by atoms with Crippen molar-refractivity contribution < 1.29 is 4.79 Å². The molecule has 204 valence electrons. The standard InChI is InChI=1S/C35H53NO/c1-24(2)11-10-12-25(3)31-17-18-32-30-16-15-27-23-29(36(26(4)37)28-13-8-7-9-14-28)19-21-34(27,5)33(30)20-22-35(31,32)6/h7-9,13-15,24-25,29-33H,10-12,16-23H2,1-6H3/t25-,29+,30?,31-,32?,33?,34+,35-/m1/s1. The van der Waals surface area contributed by atoms with Gasteiger partial charge in [-0.3, -0.25) is 4.79 Å². The molecule has 5 rings (SSSR count). The minimum atomic E-state index is 0.182. The van der Waals surface area contributed by atoms with Crippen LogP contribution in [0.5, 0.6) is 0 Å². The van der Waals surface area contributed by atoms with E-state index < -0.39 is 0 Å². The SMILES string of the molecule is CC(=O)N(c1ccccc1)[C@H]1CC[C@@]2(C)C(=CCC3C2CC[C@@]2(C)C3CC[C@@H]2[C@H](C)CCCC(C)C)C1. The van der Waals surface area contributed by atoms with Crippen LogP contribution in [0.15, 0.2) is 42.0 Å². The molecule has 0 aliphatic heterocycles. The summed E-state index contributed by atoms with van der Waals surface area (Å²) in [5.41, 5.74) is 3.62. The van der Waals surface area contributed by atoms with Crippen molar-refractivity contribution in [2.24, 2.45) is 46.3 Å². The average molecular weight is 504 g/mol. The molecule has 2 nitrogen and oxygen atoms in total. The molecule has 0 aromatic heterocycles. The van der Waals surface area contributed by atoms with Crippen molar-refractivity contribution in [1.82, 2.24) is 0 Å². The van der Waals surface area contributed by atoms with E-state index in [0.29, 0.717) is 16.9 Å². The van der Waals surface area contributed by atoms with E-state index in [1.165, 1.54) is 57.8 Å². The quantitative estimate of drug-likeness (QED) is 0.339. The van der Waals surface area contributed by atoms with E-state index in [9.17, 15) is 4.79 Å². The van der Waals surface area contributed by atoms with Crippen LogP contribution < -0.4 is 4.90 Å². The molecule has 37 heavy (non-hydrogen) atoms. The Morgan fingerprint density at radius 3 is 2.43 bits per heavy atom. The molecule has 3 saturated carbocycles. The van der Waals surface area contributed by atoms with Gasteiger partial charge >= 0.3 is 0 Å². The van der Waals surface area contributed by atoms with Crippen molar-refractivity contribution in [3.05, 3.63) is 42.0 Å². The van der Waals surface area contributed by atoms with Gasteiger partial charge in [-0.2, -0.15) is 0 Å². The van der Waals surface area contributed by atoms with Gasteiger partial charge < -0.3 is 4.90 Å². The largest absolute Gasteiger partial charge is 0.309 e. The Balaban J connectivity index is 1.32. The number of hydrogen-bond acceptors (Lipinski definition) is 1. The molecule has 3 unspecified atom stereocenters. The van der Waals surface area contributed by atoms with Crippen LogP contribution in [0.1, 0.15) is 112 Å². The fraction of sp³-hybridized carbons (Fsp3) is 0.743. The Kier molecular flexibility index (Phi) is 7.69. The summed E-state index contributed by atoms with van der Waals surface area (Å²) in [5.74, 6) is 5.44. The first-order valence-corrected chi connectivity index (χ1v) is 15.7. The molecule has 0 bridgehead atoms. The molecule has 0 N–H and O–H groups in total. The lowest BCUT2D eigenvalue weighted by atomic mass is 9.46. The zero-order valence-electron chi connectivity index (χ0n) is 24.6. The summed E-state index contributed by atoms with van der Waals surface area (Å²) < 4.78 is 0. The first kappa shape index (κ1) is 27.0. The number of carbonyl (C=O) groups excluding carboxylic acids is 1. The Labute approximate surface area is 227 Å². The topological polar surface area (TPSA) is 20.3 Å². The molecule has 3 fully saturated rings. The van der Waals surface area contributed by atoms with Gasteiger partial charge in [-0.1, -0.05) is 83.7 Å². The number of rotatable bonds is 7. The van der Waals surface area contributed by atoms with Gasteiger partial charge in [0.25, 0.3) is 0 Å². The van der Waals surface area contributed by atoms with Gasteiger partial charge in [-0.05, 0) is 110 Å². The maximum absolute atomic E-state index is 12.8. The van der Waals surface area contributed by atoms with Gasteiger partial charge in [0.1, 0.15) is 0 Å². The zero-order chi connectivity index (χ0) is 26.4. The molecule has 1 amide bonds. The third kappa shape index (κ3) is 4.85. The average Bonchev–Trinajstić information content (AvgIpc) is 3.22. The van der Waals surface area contributed by atoms with Crippen LogP contribution in [-0.4, -0.2) is 11.9 Å². The fourth-order valence-electron chi connectivity index (χ4n) is 10.1. The lowest BCUT2D eigenvalue weighted by molar-refractivity contribution is -0.117. The normalized spacial score (nSPS) is 37.8. The van der Waals surface area contributed by atoms with Gasteiger partial charge in [0.2, 0.25) is 5.91 Å². The first-order chi connectivity index (χ1) is 17.6. The first-order valence-electron chi connectivity index (χ1n) is 15.7. The zero-order valence-corrected chi connectivity index (χ0v) is 24.6. The van der Waals surface area contributed by atoms with E-state index in [0.717, 1.165) is 54.0 Å². The summed E-state index contributed by atoms with van der Waals surface area (Å²) >= 11 is 0. The van der Waals surface area contributed by atoms with E-state index >= 15 is 0 Å². The summed E-state index contributed by atoms with van der Waals surface area (Å²) in [4.78, 5) is 14.9. The van der Waals surface area contributed by atoms with Crippen molar-refractivity contribution in [3.63, 3.8) is 0 Å². The molecular formula is C35H53NO. The molecule has 0 spiro atoms. The Morgan fingerprint density at radius 1 is 0.973 bits per heavy atom. The van der Waals surface area contributed by atoms with E-state index in [4.69, 9.17) is 0 Å². The monoisotopic (exact) mass is 503 g/mol. The van der Waals surface area contributed by atoms with Crippen molar-refractivity contribution in [1.29, 1.82) is 0 Å². The molecule has 1 aromatic carbocycles. The highest BCUT2D eigenvalue weighted by Gasteiger charge is 2.59. The minimum absolute atomic E-state index is 0.182. The second kappa shape index (κ2) is 10.5. The predicted octanol–water partition coefficient (Wildman–Crippen LogP) is 9.45. The van der Waals surface area contributed by atoms with Gasteiger partial charge in [0, 0.05) is 18.7 Å². The van der Waals surface area contributed by atoms with Crippen molar-refractivity contribution in [2.75, 3.05) is 4.90 Å². The maximum atomic E-state index is 12.8. The van der Waals surface area contributed by atoms with Crippen LogP contribution in [0.4, 0.5) is 5.69 Å². The van der Waals surface area contributed by atoms with Gasteiger partial charge in [-0.25, -0.2) is 0 Å². The second-order valence-electron chi connectivity index (χ2n) is 14.4. The van der Waals surface area contributed by atoms with Crippen LogP contribution in [-0.2, 0) is 4.79 Å². The molecule has 4 aliphatic rings. The highest BCUT2D eigenvalue weighted by Crippen LogP contribution is 2.67. The number of carbonyl (C=O) groups is 1. The van der Waals surface area contributed by atoms with Crippen LogP contribution >= 0.6 is 0 Å². The van der Waals surface area contributed by atoms with Gasteiger partial charge in [-0.15, -0.1) is 0 Å². The van der Waals surface area contributed by atoms with Crippen LogP contribution in [0.2, 0.25) is 0 Å². The molecule has 0 heterocycles. The molecule has 0 radical (unpaired) electrons. The molecule has 0 saturated heterocycles. The molecule has 8 atom stereocenters. The number of para-hydroxylation sites is 1. The smallest absolute Gasteiger partial charge is 0.224 e. The number of fused-ring (bicyclic) bond motifs is 5. The van der Waals surface area contributed by atoms with E-state index in [-0.39, 0.29) is 5.91 Å². The van der Waals surface area contributed by atoms with Crippen LogP contribution in [0.3, 0.4) is 0 Å². The lowest BCUT2D eigenvalue weighted by Crippen LogP contribution is -2.52. The number of amides is 1. The number of nitrogens with zero attached hydrogens (tertiary/aromatic N) is 1. The third-order valence-electron chi connectivity index (χ3n) is 12.0. The Morgan fingerprint density at radius 2 is 1.73 bits per heavy atom. The molecule has 1 aromatic rings. The summed E-state index contributed by atoms with van der Waals surface area (Å²) in [6, 6.07) is 10.7. The second-order valence-corrected chi connectivity index (χ2v) is 14.4. The summed E-state index contributed by atoms with van der Waals surface area (Å²) in [6.45, 7) is 14.4. The highest BCUT2D eigenvalue weighted by atomic mass is 16.2. The fourth-order valence-corrected chi connectivity index (χ4v) is 10.1. The minimum Gasteiger partial charge on any atom is -0.309 e. The Hall–Kier alpha value is -1.57. The predicted molar refractivity (Wildman–Crippen MR) is 156 cm³/mol. The number of allylic oxidation sites excluding steroid dienone is 1. The Bertz CT molecular complexity index is 980.